The minimum absolute atomic E-state index is 0.0138. The average Bonchev–Trinajstić information content (AvgIpc) is 2.86. The Morgan fingerprint density at radius 2 is 1.74 bits per heavy atom. The van der Waals surface area contributed by atoms with E-state index < -0.39 is 0 Å². The Labute approximate surface area is 206 Å². The minimum Gasteiger partial charge on any atom is -0.356 e. The van der Waals surface area contributed by atoms with Crippen molar-refractivity contribution in [1.82, 2.24) is 15.1 Å². The number of amides is 3. The highest BCUT2D eigenvalue weighted by atomic mass is 19.1. The molecule has 0 saturated carbocycles. The molecule has 2 aromatic rings. The molecule has 0 bridgehead atoms. The van der Waals surface area contributed by atoms with Crippen molar-refractivity contribution in [2.24, 2.45) is 5.92 Å². The summed E-state index contributed by atoms with van der Waals surface area (Å²) < 4.78 is 13.7. The summed E-state index contributed by atoms with van der Waals surface area (Å²) in [5, 5.41) is 5.79. The molecule has 188 valence electrons. The van der Waals surface area contributed by atoms with Crippen LogP contribution in [0.5, 0.6) is 0 Å². The van der Waals surface area contributed by atoms with Crippen molar-refractivity contribution in [1.29, 1.82) is 0 Å². The molecule has 0 atom stereocenters. The van der Waals surface area contributed by atoms with Crippen LogP contribution in [0.1, 0.15) is 42.6 Å². The molecule has 3 rings (SSSR count). The van der Waals surface area contributed by atoms with Crippen molar-refractivity contribution in [3.05, 3.63) is 65.5 Å². The predicted octanol–water partition coefficient (Wildman–Crippen LogP) is 3.32. The molecular weight excluding hydrogens is 447 g/mol. The molecule has 1 heterocycles. The second-order valence-electron chi connectivity index (χ2n) is 8.79. The van der Waals surface area contributed by atoms with E-state index in [1.165, 1.54) is 6.07 Å². The van der Waals surface area contributed by atoms with Crippen LogP contribution in [0.4, 0.5) is 10.1 Å². The van der Waals surface area contributed by atoms with Gasteiger partial charge >= 0.3 is 0 Å². The number of rotatable bonds is 10. The van der Waals surface area contributed by atoms with Gasteiger partial charge in [0, 0.05) is 36.8 Å². The number of nitrogens with one attached hydrogen (secondary N) is 2. The quantitative estimate of drug-likeness (QED) is 0.544. The third-order valence-corrected chi connectivity index (χ3v) is 6.42. The minimum atomic E-state index is -0.254. The molecule has 35 heavy (non-hydrogen) atoms. The number of likely N-dealkylation sites (tertiary alicyclic amines) is 1. The predicted molar refractivity (Wildman–Crippen MR) is 135 cm³/mol. The smallest absolute Gasteiger partial charge is 0.253 e. The number of benzene rings is 2. The highest BCUT2D eigenvalue weighted by Gasteiger charge is 2.26. The van der Waals surface area contributed by atoms with E-state index in [0.717, 1.165) is 0 Å². The largest absolute Gasteiger partial charge is 0.356 e. The fourth-order valence-electron chi connectivity index (χ4n) is 4.35. The number of hydrogen-bond donors (Lipinski definition) is 2. The molecule has 1 aliphatic heterocycles. The molecule has 2 N–H and O–H groups in total. The summed E-state index contributed by atoms with van der Waals surface area (Å²) in [5.74, 6) is -0.570. The van der Waals surface area contributed by atoms with Gasteiger partial charge in [-0.3, -0.25) is 19.3 Å². The molecule has 0 aliphatic carbocycles. The van der Waals surface area contributed by atoms with Crippen molar-refractivity contribution in [2.45, 2.75) is 33.1 Å². The number of carbonyl (C=O) groups excluding carboxylic acids is 3. The Kier molecular flexibility index (Phi) is 9.78. The summed E-state index contributed by atoms with van der Waals surface area (Å²) in [4.78, 5) is 41.4. The monoisotopic (exact) mass is 482 g/mol. The Hall–Kier alpha value is -3.26. The first kappa shape index (κ1) is 26.3. The zero-order valence-electron chi connectivity index (χ0n) is 20.6. The maximum Gasteiger partial charge on any atom is 0.253 e. The van der Waals surface area contributed by atoms with Crippen LogP contribution in [0.25, 0.3) is 0 Å². The van der Waals surface area contributed by atoms with Crippen molar-refractivity contribution in [3.63, 3.8) is 0 Å². The topological polar surface area (TPSA) is 81.8 Å². The van der Waals surface area contributed by atoms with Gasteiger partial charge in [-0.2, -0.15) is 0 Å². The van der Waals surface area contributed by atoms with Gasteiger partial charge in [0.15, 0.2) is 0 Å². The van der Waals surface area contributed by atoms with Crippen LogP contribution in [0, 0.1) is 11.7 Å². The van der Waals surface area contributed by atoms with E-state index in [1.54, 1.807) is 47.4 Å². The van der Waals surface area contributed by atoms with Crippen LogP contribution in [0.2, 0.25) is 0 Å². The lowest BCUT2D eigenvalue weighted by Crippen LogP contribution is -2.43. The zero-order chi connectivity index (χ0) is 25.2. The summed E-state index contributed by atoms with van der Waals surface area (Å²) in [7, 11) is 0. The number of hydrogen-bond acceptors (Lipinski definition) is 4. The standard InChI is InChI=1S/C27H35FN4O3/c1-3-32(4-2)27(35)22-9-7-10-23(18-22)30-25(33)19-31-16-13-21(14-17-31)26(34)29-15-12-20-8-5-6-11-24(20)28/h5-11,18,21H,3-4,12-17,19H2,1-2H3,(H,29,34)(H,30,33). The third kappa shape index (κ3) is 7.62. The molecule has 2 aromatic carbocycles. The normalized spacial score (nSPS) is 14.4. The van der Waals surface area contributed by atoms with E-state index in [1.807, 2.05) is 18.7 Å². The van der Waals surface area contributed by atoms with Gasteiger partial charge in [0.05, 0.1) is 6.54 Å². The van der Waals surface area contributed by atoms with Crippen LogP contribution in [-0.2, 0) is 16.0 Å². The lowest BCUT2D eigenvalue weighted by molar-refractivity contribution is -0.126. The Morgan fingerprint density at radius 1 is 1.03 bits per heavy atom. The molecular formula is C27H35FN4O3. The van der Waals surface area contributed by atoms with E-state index in [0.29, 0.717) is 68.8 Å². The highest BCUT2D eigenvalue weighted by molar-refractivity contribution is 5.97. The lowest BCUT2D eigenvalue weighted by Gasteiger charge is -2.30. The van der Waals surface area contributed by atoms with Gasteiger partial charge in [0.25, 0.3) is 5.91 Å². The maximum absolute atomic E-state index is 13.7. The summed E-state index contributed by atoms with van der Waals surface area (Å²) in [6, 6.07) is 13.6. The van der Waals surface area contributed by atoms with Crippen LogP contribution in [0.3, 0.4) is 0 Å². The van der Waals surface area contributed by atoms with Gasteiger partial charge in [-0.15, -0.1) is 0 Å². The molecule has 0 unspecified atom stereocenters. The van der Waals surface area contributed by atoms with Crippen LogP contribution in [0.15, 0.2) is 48.5 Å². The Bertz CT molecular complexity index is 1020. The molecule has 1 saturated heterocycles. The van der Waals surface area contributed by atoms with E-state index in [2.05, 4.69) is 10.6 Å². The molecule has 0 spiro atoms. The van der Waals surface area contributed by atoms with Gasteiger partial charge in [0.1, 0.15) is 5.82 Å². The van der Waals surface area contributed by atoms with Gasteiger partial charge in [0.2, 0.25) is 11.8 Å². The SMILES string of the molecule is CCN(CC)C(=O)c1cccc(NC(=O)CN2CCC(C(=O)NCCc3ccccc3F)CC2)c1. The molecule has 7 nitrogen and oxygen atoms in total. The summed E-state index contributed by atoms with van der Waals surface area (Å²) in [6.07, 6.45) is 1.80. The van der Waals surface area contributed by atoms with Crippen molar-refractivity contribution >= 4 is 23.4 Å². The number of halogens is 1. The summed E-state index contributed by atoms with van der Waals surface area (Å²) >= 11 is 0. The number of anilines is 1. The lowest BCUT2D eigenvalue weighted by atomic mass is 9.96. The van der Waals surface area contributed by atoms with Crippen LogP contribution < -0.4 is 10.6 Å². The van der Waals surface area contributed by atoms with Gasteiger partial charge in [-0.1, -0.05) is 24.3 Å². The fourth-order valence-corrected chi connectivity index (χ4v) is 4.35. The van der Waals surface area contributed by atoms with E-state index in [-0.39, 0.29) is 36.0 Å². The van der Waals surface area contributed by atoms with Gasteiger partial charge in [-0.25, -0.2) is 4.39 Å². The molecule has 0 aromatic heterocycles. The summed E-state index contributed by atoms with van der Waals surface area (Å²) in [5.41, 5.74) is 1.74. The zero-order valence-corrected chi connectivity index (χ0v) is 20.6. The molecule has 3 amide bonds. The Balaban J connectivity index is 1.41. The first-order chi connectivity index (χ1) is 16.9. The van der Waals surface area contributed by atoms with Crippen molar-refractivity contribution < 1.29 is 18.8 Å². The molecule has 1 fully saturated rings. The van der Waals surface area contributed by atoms with Crippen molar-refractivity contribution in [3.8, 4) is 0 Å². The molecule has 1 aliphatic rings. The highest BCUT2D eigenvalue weighted by Crippen LogP contribution is 2.18. The van der Waals surface area contributed by atoms with Gasteiger partial charge in [-0.05, 0) is 76.0 Å². The maximum atomic E-state index is 13.7. The second kappa shape index (κ2) is 13.0. The average molecular weight is 483 g/mol. The second-order valence-corrected chi connectivity index (χ2v) is 8.79. The fraction of sp³-hybridized carbons (Fsp3) is 0.444. The van der Waals surface area contributed by atoms with Crippen molar-refractivity contribution in [2.75, 3.05) is 44.6 Å². The van der Waals surface area contributed by atoms with E-state index in [4.69, 9.17) is 0 Å². The number of nitrogens with zero attached hydrogens (tertiary/aromatic N) is 2. The van der Waals surface area contributed by atoms with Crippen LogP contribution >= 0.6 is 0 Å². The number of piperidine rings is 1. The van der Waals surface area contributed by atoms with Gasteiger partial charge < -0.3 is 15.5 Å². The van der Waals surface area contributed by atoms with E-state index >= 15 is 0 Å². The summed E-state index contributed by atoms with van der Waals surface area (Å²) in [6.45, 7) is 7.07. The molecule has 0 radical (unpaired) electrons. The first-order valence-corrected chi connectivity index (χ1v) is 12.3. The Morgan fingerprint density at radius 3 is 2.43 bits per heavy atom. The van der Waals surface area contributed by atoms with Crippen LogP contribution in [-0.4, -0.2) is 66.8 Å². The van der Waals surface area contributed by atoms with E-state index in [9.17, 15) is 18.8 Å². The third-order valence-electron chi connectivity index (χ3n) is 6.42. The molecule has 8 heteroatoms. The first-order valence-electron chi connectivity index (χ1n) is 12.3. The number of carbonyl (C=O) groups is 3.